The molecule has 0 saturated carbocycles. The van der Waals surface area contributed by atoms with Gasteiger partial charge in [-0.05, 0) is 134 Å². The number of furan rings is 5. The minimum atomic E-state index is -2.00. The van der Waals surface area contributed by atoms with Crippen molar-refractivity contribution in [1.29, 1.82) is 0 Å². The lowest BCUT2D eigenvalue weighted by Gasteiger charge is -2.07. The summed E-state index contributed by atoms with van der Waals surface area (Å²) >= 11 is 0. The molecule has 4 unspecified atom stereocenters. The number of pyridine rings is 5. The summed E-state index contributed by atoms with van der Waals surface area (Å²) in [7, 11) is 0. The third-order valence-electron chi connectivity index (χ3n) is 20.1. The molecular formula is C100H85N5O5. The summed E-state index contributed by atoms with van der Waals surface area (Å²) < 4.78 is 121. The summed E-state index contributed by atoms with van der Waals surface area (Å²) in [4.78, 5) is 21.8. The van der Waals surface area contributed by atoms with Crippen molar-refractivity contribution < 1.29 is 38.5 Å². The van der Waals surface area contributed by atoms with E-state index in [4.69, 9.17) is 38.5 Å². The maximum atomic E-state index is 7.58. The molecule has 10 heteroatoms. The molecule has 0 aliphatic carbocycles. The van der Waals surface area contributed by atoms with Crippen LogP contribution >= 0.6 is 0 Å². The van der Waals surface area contributed by atoms with Crippen LogP contribution in [-0.2, 0) is 0 Å². The van der Waals surface area contributed by atoms with Crippen LogP contribution in [0.5, 0.6) is 0 Å². The van der Waals surface area contributed by atoms with E-state index < -0.39 is 51.1 Å². The van der Waals surface area contributed by atoms with Crippen molar-refractivity contribution in [3.8, 4) is 55.6 Å². The second-order valence-corrected chi connectivity index (χ2v) is 27.9. The van der Waals surface area contributed by atoms with Gasteiger partial charge in [0.15, 0.2) is 16.7 Å². The van der Waals surface area contributed by atoms with E-state index in [1.165, 1.54) is 11.1 Å². The summed E-state index contributed by atoms with van der Waals surface area (Å²) in [5.74, 6) is -1.57. The molecule has 10 nitrogen and oxygen atoms in total. The highest BCUT2D eigenvalue weighted by Crippen LogP contribution is 2.42. The molecule has 10 heterocycles. The Morgan fingerprint density at radius 1 is 0.245 bits per heavy atom. The molecule has 0 radical (unpaired) electrons. The summed E-state index contributed by atoms with van der Waals surface area (Å²) in [5.41, 5.74) is 24.3. The number of fused-ring (bicyclic) bond motifs is 15. The van der Waals surface area contributed by atoms with Crippen molar-refractivity contribution in [2.75, 3.05) is 0 Å². The van der Waals surface area contributed by atoms with E-state index in [9.17, 15) is 0 Å². The fourth-order valence-electron chi connectivity index (χ4n) is 14.2. The van der Waals surface area contributed by atoms with Crippen LogP contribution in [0.25, 0.3) is 166 Å². The number of hydrogen-bond acceptors (Lipinski definition) is 10. The Morgan fingerprint density at radius 3 is 1.25 bits per heavy atom. The van der Waals surface area contributed by atoms with Crippen molar-refractivity contribution in [2.45, 2.75) is 98.5 Å². The Hall–Kier alpha value is -13.1. The number of rotatable bonds is 10. The van der Waals surface area contributed by atoms with Gasteiger partial charge in [0.2, 0.25) is 5.71 Å². The molecule has 0 fully saturated rings. The zero-order valence-corrected chi connectivity index (χ0v) is 61.5. The number of benzene rings is 10. The van der Waals surface area contributed by atoms with Crippen LogP contribution in [0.4, 0.5) is 0 Å². The zero-order chi connectivity index (χ0) is 85.5. The molecule has 20 aromatic rings. The maximum absolute atomic E-state index is 7.58. The molecule has 20 rings (SSSR count). The quantitative estimate of drug-likeness (QED) is 0.130. The first-order valence-corrected chi connectivity index (χ1v) is 36.9. The molecule has 0 amide bonds. The normalized spacial score (nSPS) is 14.6. The van der Waals surface area contributed by atoms with Crippen molar-refractivity contribution in [2.24, 2.45) is 0 Å². The fraction of sp³-hybridized carbons (Fsp3) is 0.150. The summed E-state index contributed by atoms with van der Waals surface area (Å²) in [6.45, 7) is 3.30. The minimum absolute atomic E-state index is 0.409. The molecule has 0 saturated heterocycles. The average Bonchev–Trinajstić information content (AvgIpc) is 1.61. The molecule has 0 aliphatic rings. The third-order valence-corrected chi connectivity index (χ3v) is 20.1. The van der Waals surface area contributed by atoms with Gasteiger partial charge in [-0.25, -0.2) is 4.98 Å². The first-order chi connectivity index (χ1) is 58.5. The van der Waals surface area contributed by atoms with Crippen LogP contribution in [0, 0.1) is 0 Å². The first-order valence-electron chi connectivity index (χ1n) is 42.9. The van der Waals surface area contributed by atoms with Gasteiger partial charge in [-0.1, -0.05) is 275 Å². The highest BCUT2D eigenvalue weighted by Gasteiger charge is 2.20. The predicted octanol–water partition coefficient (Wildman–Crippen LogP) is 28.9. The van der Waals surface area contributed by atoms with Gasteiger partial charge in [0.05, 0.1) is 6.20 Å². The van der Waals surface area contributed by atoms with Gasteiger partial charge >= 0.3 is 0 Å². The Balaban J connectivity index is 0.000000113. The molecular weight excluding hydrogens is 1350 g/mol. The smallest absolute Gasteiger partial charge is 0.227 e. The lowest BCUT2D eigenvalue weighted by molar-refractivity contribution is 0.655. The van der Waals surface area contributed by atoms with Gasteiger partial charge in [-0.15, -0.1) is 0 Å². The van der Waals surface area contributed by atoms with Crippen LogP contribution < -0.4 is 0 Å². The molecule has 540 valence electrons. The van der Waals surface area contributed by atoms with E-state index in [0.717, 1.165) is 177 Å². The fourth-order valence-corrected chi connectivity index (χ4v) is 14.2. The standard InChI is InChI=1S/5C20H17NO/c1-13(2)14-8-10-15(11-9-14)16-5-3-6-17-18-7-4-12-21-20(18)22-19(16)17;1-13(2)14-6-8-15(9-7-14)16-4-3-5-18-17-10-11-21-12-19(17)22-20(16)18;1-13(2)15-11-12-21-18-17-10-6-9-16(19(17)22-20(15)18)14-7-4-3-5-8-14;1-13(2)14-7-9-15(10-8-14)17-11-21-12-18-16-5-3-4-6-19(16)22-20(17)18;1-13(2)14-7-9-15(10-8-14)16-11-12-21-19-17-5-3-4-6-18(17)22-20(16)19/h5*3-13H,1-2H3/i2*1D3;;2*1D3. The number of hydrogen-bond donors (Lipinski definition) is 0. The highest BCUT2D eigenvalue weighted by molar-refractivity contribution is 6.12. The van der Waals surface area contributed by atoms with Crippen LogP contribution in [0.1, 0.15) is 143 Å². The molecule has 10 aromatic heterocycles. The third kappa shape index (κ3) is 14.2. The second kappa shape index (κ2) is 31.0. The molecule has 0 bridgehead atoms. The molecule has 0 N–H and O–H groups in total. The predicted molar refractivity (Wildman–Crippen MR) is 455 cm³/mol. The Kier molecular flexibility index (Phi) is 16.4. The Labute approximate surface area is 656 Å². The first kappa shape index (κ1) is 58.1. The Bertz CT molecular complexity index is 6440. The monoisotopic (exact) mass is 1450 g/mol. The lowest BCUT2D eigenvalue weighted by Crippen LogP contribution is -1.88. The number of nitrogens with zero attached hydrogens (tertiary/aromatic N) is 5. The van der Waals surface area contributed by atoms with Gasteiger partial charge in [0.25, 0.3) is 0 Å². The maximum Gasteiger partial charge on any atom is 0.227 e. The largest absolute Gasteiger partial charge is 0.455 e. The van der Waals surface area contributed by atoms with E-state index in [1.54, 1.807) is 58.7 Å². The van der Waals surface area contributed by atoms with Crippen molar-refractivity contribution in [1.82, 2.24) is 24.9 Å². The van der Waals surface area contributed by atoms with E-state index in [1.807, 2.05) is 225 Å². The molecule has 110 heavy (non-hydrogen) atoms. The van der Waals surface area contributed by atoms with Gasteiger partial charge < -0.3 is 22.1 Å². The summed E-state index contributed by atoms with van der Waals surface area (Å²) in [5, 5.41) is 8.21. The van der Waals surface area contributed by atoms with Crippen LogP contribution in [0.15, 0.2) is 326 Å². The van der Waals surface area contributed by atoms with E-state index in [2.05, 4.69) is 87.3 Å². The van der Waals surface area contributed by atoms with Gasteiger partial charge in [-0.2, -0.15) is 0 Å². The lowest BCUT2D eigenvalue weighted by atomic mass is 9.98. The van der Waals surface area contributed by atoms with Gasteiger partial charge in [0, 0.05) is 130 Å². The van der Waals surface area contributed by atoms with Crippen molar-refractivity contribution in [3.05, 3.63) is 332 Å². The molecule has 0 spiro atoms. The zero-order valence-electron chi connectivity index (χ0n) is 73.5. The van der Waals surface area contributed by atoms with E-state index in [0.29, 0.717) is 11.6 Å². The molecule has 4 atom stereocenters. The van der Waals surface area contributed by atoms with Gasteiger partial charge in [-0.3, -0.25) is 19.9 Å². The number of aromatic nitrogens is 5. The highest BCUT2D eigenvalue weighted by atomic mass is 16.3. The molecule has 0 aliphatic heterocycles. The van der Waals surface area contributed by atoms with Crippen LogP contribution in [0.2, 0.25) is 0 Å². The van der Waals surface area contributed by atoms with Crippen molar-refractivity contribution in [3.63, 3.8) is 0 Å². The Morgan fingerprint density at radius 2 is 0.673 bits per heavy atom. The average molecular weight is 1450 g/mol. The minimum Gasteiger partial charge on any atom is -0.455 e. The number of para-hydroxylation sites is 5. The second-order valence-electron chi connectivity index (χ2n) is 27.9. The van der Waals surface area contributed by atoms with Gasteiger partial charge in [0.1, 0.15) is 44.5 Å². The SMILES string of the molecule is CC(C)c1ccnc2c1oc1c(-c3ccccc3)cccc12.[2H]C([2H])([2H])C(C)c1ccc(-c2cccc3c2oc2cnccc23)cc1.[2H]C([2H])([2H])C(C)c1ccc(-c2cccc3c2oc2ncccc23)cc1.[2H]C([2H])([2H])C(C)c1ccc(-c2ccnc3c2oc2ccccc23)cc1.[2H]C([2H])([2H])C(C)c1ccc(-c2cncc3c2oc2ccccc23)cc1. The van der Waals surface area contributed by atoms with Crippen LogP contribution in [0.3, 0.4) is 0 Å². The topological polar surface area (TPSA) is 130 Å². The van der Waals surface area contributed by atoms with E-state index >= 15 is 0 Å². The summed E-state index contributed by atoms with van der Waals surface area (Å²) in [6, 6.07) is 84.9. The van der Waals surface area contributed by atoms with E-state index in [-0.39, 0.29) is 0 Å². The summed E-state index contributed by atoms with van der Waals surface area (Å²) in [6.07, 6.45) is 12.5. The van der Waals surface area contributed by atoms with Crippen molar-refractivity contribution >= 4 is 110 Å². The molecule has 10 aromatic carbocycles. The van der Waals surface area contributed by atoms with Crippen LogP contribution in [-0.4, -0.2) is 24.9 Å².